The molecule has 3 N–H and O–H groups in total. The first-order chi connectivity index (χ1) is 7.06. The molecule has 0 aliphatic heterocycles. The standard InChI is InChI=1S/C9H9ClFNO3/c10-6-2-1-5(3-4-13)8(7(6)11)12-9(14)15/h1-2,12-13H,3-4H2,(H,14,15). The summed E-state index contributed by atoms with van der Waals surface area (Å²) < 4.78 is 13.4. The second-order valence-corrected chi connectivity index (χ2v) is 3.21. The molecule has 0 bridgehead atoms. The second kappa shape index (κ2) is 4.95. The first kappa shape index (κ1) is 11.7. The van der Waals surface area contributed by atoms with Gasteiger partial charge in [-0.25, -0.2) is 9.18 Å². The molecule has 0 spiro atoms. The van der Waals surface area contributed by atoms with Crippen LogP contribution in [0.4, 0.5) is 14.9 Å². The molecule has 1 aromatic rings. The molecule has 0 unspecified atom stereocenters. The molecule has 15 heavy (non-hydrogen) atoms. The highest BCUT2D eigenvalue weighted by Gasteiger charge is 2.13. The van der Waals surface area contributed by atoms with E-state index in [9.17, 15) is 9.18 Å². The maximum Gasteiger partial charge on any atom is 0.409 e. The van der Waals surface area contributed by atoms with Gasteiger partial charge in [-0.2, -0.15) is 0 Å². The molecule has 0 atom stereocenters. The molecule has 1 amide bonds. The minimum atomic E-state index is -1.38. The van der Waals surface area contributed by atoms with Crippen LogP contribution < -0.4 is 5.32 Å². The summed E-state index contributed by atoms with van der Waals surface area (Å²) in [5.74, 6) is -0.829. The van der Waals surface area contributed by atoms with Crippen molar-refractivity contribution in [2.75, 3.05) is 11.9 Å². The summed E-state index contributed by atoms with van der Waals surface area (Å²) in [4.78, 5) is 10.4. The second-order valence-electron chi connectivity index (χ2n) is 2.80. The Morgan fingerprint density at radius 1 is 1.53 bits per heavy atom. The summed E-state index contributed by atoms with van der Waals surface area (Å²) in [6.45, 7) is -0.199. The van der Waals surface area contributed by atoms with Gasteiger partial charge in [-0.05, 0) is 18.1 Å². The third-order valence-electron chi connectivity index (χ3n) is 1.79. The van der Waals surface area contributed by atoms with Gasteiger partial charge in [-0.3, -0.25) is 5.32 Å². The monoisotopic (exact) mass is 233 g/mol. The summed E-state index contributed by atoms with van der Waals surface area (Å²) >= 11 is 5.50. The zero-order chi connectivity index (χ0) is 11.4. The molecule has 82 valence electrons. The third-order valence-corrected chi connectivity index (χ3v) is 2.09. The summed E-state index contributed by atoms with van der Waals surface area (Å²) in [5.41, 5.74) is 0.158. The lowest BCUT2D eigenvalue weighted by Crippen LogP contribution is -2.12. The Bertz CT molecular complexity index is 384. The van der Waals surface area contributed by atoms with E-state index in [-0.39, 0.29) is 23.7 Å². The predicted octanol–water partition coefficient (Wildman–Crippen LogP) is 2.10. The molecule has 0 heterocycles. The molecule has 0 radical (unpaired) electrons. The van der Waals surface area contributed by atoms with Crippen molar-refractivity contribution < 1.29 is 19.4 Å². The van der Waals surface area contributed by atoms with Crippen molar-refractivity contribution >= 4 is 23.4 Å². The Hall–Kier alpha value is -1.33. The first-order valence-corrected chi connectivity index (χ1v) is 4.51. The number of anilines is 1. The predicted molar refractivity (Wildman–Crippen MR) is 53.8 cm³/mol. The highest BCUT2D eigenvalue weighted by Crippen LogP contribution is 2.26. The van der Waals surface area contributed by atoms with Crippen molar-refractivity contribution in [3.8, 4) is 0 Å². The zero-order valence-electron chi connectivity index (χ0n) is 7.63. The summed E-state index contributed by atoms with van der Waals surface area (Å²) in [6, 6.07) is 2.78. The normalized spacial score (nSPS) is 10.1. The number of carbonyl (C=O) groups is 1. The number of hydrogen-bond donors (Lipinski definition) is 3. The van der Waals surface area contributed by atoms with Crippen molar-refractivity contribution in [2.45, 2.75) is 6.42 Å². The van der Waals surface area contributed by atoms with Gasteiger partial charge in [0.1, 0.15) is 0 Å². The molecule has 4 nitrogen and oxygen atoms in total. The van der Waals surface area contributed by atoms with E-state index in [0.717, 1.165) is 0 Å². The summed E-state index contributed by atoms with van der Waals surface area (Å²) in [7, 11) is 0. The molecule has 0 saturated heterocycles. The average molecular weight is 234 g/mol. The molecule has 0 aromatic heterocycles. The SMILES string of the molecule is O=C(O)Nc1c(CCO)ccc(Cl)c1F. The van der Waals surface area contributed by atoms with E-state index in [4.69, 9.17) is 21.8 Å². The van der Waals surface area contributed by atoms with Crippen LogP contribution in [0.2, 0.25) is 5.02 Å². The number of nitrogens with one attached hydrogen (secondary N) is 1. The van der Waals surface area contributed by atoms with Crippen LogP contribution in [0.5, 0.6) is 0 Å². The van der Waals surface area contributed by atoms with E-state index in [1.54, 1.807) is 0 Å². The van der Waals surface area contributed by atoms with E-state index >= 15 is 0 Å². The van der Waals surface area contributed by atoms with Crippen molar-refractivity contribution in [1.29, 1.82) is 0 Å². The van der Waals surface area contributed by atoms with Crippen LogP contribution in [0.3, 0.4) is 0 Å². The third kappa shape index (κ3) is 2.81. The van der Waals surface area contributed by atoms with Gasteiger partial charge in [-0.15, -0.1) is 0 Å². The molecule has 1 rings (SSSR count). The number of rotatable bonds is 3. The van der Waals surface area contributed by atoms with Crippen molar-refractivity contribution in [3.05, 3.63) is 28.5 Å². The lowest BCUT2D eigenvalue weighted by molar-refractivity contribution is 0.209. The van der Waals surface area contributed by atoms with E-state index in [2.05, 4.69) is 0 Å². The Morgan fingerprint density at radius 2 is 2.20 bits per heavy atom. The number of carboxylic acid groups (broad SMARTS) is 1. The maximum atomic E-state index is 13.4. The van der Waals surface area contributed by atoms with Crippen LogP contribution in [0.15, 0.2) is 12.1 Å². The van der Waals surface area contributed by atoms with Crippen LogP contribution in [0.1, 0.15) is 5.56 Å². The molecule has 1 aromatic carbocycles. The molecular formula is C9H9ClFNO3. The zero-order valence-corrected chi connectivity index (χ0v) is 8.38. The van der Waals surface area contributed by atoms with Crippen molar-refractivity contribution in [1.82, 2.24) is 0 Å². The first-order valence-electron chi connectivity index (χ1n) is 4.14. The summed E-state index contributed by atoms with van der Waals surface area (Å²) in [5, 5.41) is 18.9. The van der Waals surface area contributed by atoms with Gasteiger partial charge in [0.2, 0.25) is 0 Å². The Morgan fingerprint density at radius 3 is 2.73 bits per heavy atom. The number of halogens is 2. The van der Waals surface area contributed by atoms with Gasteiger partial charge in [0.25, 0.3) is 0 Å². The van der Waals surface area contributed by atoms with E-state index in [1.165, 1.54) is 12.1 Å². The van der Waals surface area contributed by atoms with E-state index < -0.39 is 11.9 Å². The molecular weight excluding hydrogens is 225 g/mol. The maximum absolute atomic E-state index is 13.4. The molecule has 0 aliphatic rings. The topological polar surface area (TPSA) is 69.6 Å². The van der Waals surface area contributed by atoms with Gasteiger partial charge in [-0.1, -0.05) is 17.7 Å². The van der Waals surface area contributed by atoms with Crippen LogP contribution in [0.25, 0.3) is 0 Å². The Labute approximate surface area is 90.3 Å². The fraction of sp³-hybridized carbons (Fsp3) is 0.222. The van der Waals surface area contributed by atoms with E-state index in [0.29, 0.717) is 5.56 Å². The minimum absolute atomic E-state index is 0.156. The van der Waals surface area contributed by atoms with Crippen LogP contribution in [-0.2, 0) is 6.42 Å². The molecule has 0 saturated carbocycles. The number of amides is 1. The lowest BCUT2D eigenvalue weighted by atomic mass is 10.1. The van der Waals surface area contributed by atoms with Crippen LogP contribution in [-0.4, -0.2) is 22.9 Å². The lowest BCUT2D eigenvalue weighted by Gasteiger charge is -2.10. The Balaban J connectivity index is 3.15. The highest BCUT2D eigenvalue weighted by atomic mass is 35.5. The highest BCUT2D eigenvalue weighted by molar-refractivity contribution is 6.31. The van der Waals surface area contributed by atoms with Gasteiger partial charge in [0.05, 0.1) is 10.7 Å². The molecule has 6 heteroatoms. The van der Waals surface area contributed by atoms with Crippen LogP contribution >= 0.6 is 11.6 Å². The number of aliphatic hydroxyl groups is 1. The summed E-state index contributed by atoms with van der Waals surface area (Å²) in [6.07, 6.45) is -1.22. The van der Waals surface area contributed by atoms with Gasteiger partial charge in [0.15, 0.2) is 5.82 Å². The fourth-order valence-electron chi connectivity index (χ4n) is 1.16. The van der Waals surface area contributed by atoms with Gasteiger partial charge in [0, 0.05) is 6.61 Å². The number of aliphatic hydroxyl groups excluding tert-OH is 1. The van der Waals surface area contributed by atoms with Crippen molar-refractivity contribution in [3.63, 3.8) is 0 Å². The van der Waals surface area contributed by atoms with Crippen LogP contribution in [0, 0.1) is 5.82 Å². The minimum Gasteiger partial charge on any atom is -0.465 e. The fourth-order valence-corrected chi connectivity index (χ4v) is 1.32. The molecule has 0 fully saturated rings. The smallest absolute Gasteiger partial charge is 0.409 e. The largest absolute Gasteiger partial charge is 0.465 e. The van der Waals surface area contributed by atoms with Gasteiger partial charge < -0.3 is 10.2 Å². The van der Waals surface area contributed by atoms with Gasteiger partial charge >= 0.3 is 6.09 Å². The average Bonchev–Trinajstić information content (AvgIpc) is 2.17. The molecule has 0 aliphatic carbocycles. The van der Waals surface area contributed by atoms with E-state index in [1.807, 2.05) is 5.32 Å². The number of hydrogen-bond acceptors (Lipinski definition) is 2. The van der Waals surface area contributed by atoms with Crippen molar-refractivity contribution in [2.24, 2.45) is 0 Å². The quantitative estimate of drug-likeness (QED) is 0.749. The Kier molecular flexibility index (Phi) is 3.88. The number of benzene rings is 1.